The van der Waals surface area contributed by atoms with Gasteiger partial charge in [0, 0.05) is 19.6 Å². The van der Waals surface area contributed by atoms with Gasteiger partial charge in [-0.25, -0.2) is 13.1 Å². The third kappa shape index (κ3) is 5.37. The summed E-state index contributed by atoms with van der Waals surface area (Å²) >= 11 is 0. The molecule has 1 atom stereocenters. The first-order chi connectivity index (χ1) is 9.80. The van der Waals surface area contributed by atoms with Crippen molar-refractivity contribution in [2.24, 2.45) is 11.7 Å². The van der Waals surface area contributed by atoms with Gasteiger partial charge in [0.1, 0.15) is 0 Å². The molecule has 1 aliphatic carbocycles. The summed E-state index contributed by atoms with van der Waals surface area (Å²) in [6, 6.07) is 0. The molecule has 0 spiro atoms. The average Bonchev–Trinajstić information content (AvgIpc) is 2.45. The van der Waals surface area contributed by atoms with Crippen molar-refractivity contribution in [3.63, 3.8) is 0 Å². The van der Waals surface area contributed by atoms with E-state index in [0.29, 0.717) is 13.1 Å². The first-order valence-corrected chi connectivity index (χ1v) is 9.72. The molecule has 8 heteroatoms. The number of halogens is 1. The Morgan fingerprint density at radius 2 is 1.91 bits per heavy atom. The van der Waals surface area contributed by atoms with Crippen LogP contribution in [0.1, 0.15) is 44.9 Å². The van der Waals surface area contributed by atoms with Gasteiger partial charge in [0.15, 0.2) is 0 Å². The number of hydrogen-bond acceptors (Lipinski definition) is 4. The van der Waals surface area contributed by atoms with E-state index >= 15 is 0 Å². The zero-order chi connectivity index (χ0) is 15.5. The maximum Gasteiger partial charge on any atom is 0.242 e. The summed E-state index contributed by atoms with van der Waals surface area (Å²) in [4.78, 5) is 14.5. The van der Waals surface area contributed by atoms with E-state index in [1.54, 1.807) is 0 Å². The van der Waals surface area contributed by atoms with Crippen molar-refractivity contribution in [3.05, 3.63) is 0 Å². The summed E-state index contributed by atoms with van der Waals surface area (Å²) in [6.07, 6.45) is 7.78. The summed E-state index contributed by atoms with van der Waals surface area (Å²) in [5.41, 5.74) is 5.63. The highest BCUT2D eigenvalue weighted by Gasteiger charge is 2.39. The van der Waals surface area contributed by atoms with Gasteiger partial charge in [-0.1, -0.05) is 19.3 Å². The van der Waals surface area contributed by atoms with Gasteiger partial charge >= 0.3 is 0 Å². The first kappa shape index (κ1) is 19.7. The number of nitrogens with one attached hydrogen (secondary N) is 1. The Morgan fingerprint density at radius 1 is 1.27 bits per heavy atom. The van der Waals surface area contributed by atoms with Gasteiger partial charge in [0.2, 0.25) is 15.9 Å². The summed E-state index contributed by atoms with van der Waals surface area (Å²) in [5, 5.41) is 0. The second kappa shape index (κ2) is 7.95. The van der Waals surface area contributed by atoms with Gasteiger partial charge in [0.25, 0.3) is 0 Å². The van der Waals surface area contributed by atoms with Crippen molar-refractivity contribution in [3.8, 4) is 0 Å². The van der Waals surface area contributed by atoms with Gasteiger partial charge in [0.05, 0.1) is 11.8 Å². The zero-order valence-electron chi connectivity index (χ0n) is 13.2. The lowest BCUT2D eigenvalue weighted by molar-refractivity contribution is -0.140. The lowest BCUT2D eigenvalue weighted by Crippen LogP contribution is -2.58. The molecular formula is C14H28ClN3O3S. The SMILES string of the molecule is CS(=O)(=O)NCC1CCCN(C(=O)C2(N)CCCCC2)C1.Cl. The van der Waals surface area contributed by atoms with Crippen molar-refractivity contribution in [1.29, 1.82) is 0 Å². The largest absolute Gasteiger partial charge is 0.341 e. The van der Waals surface area contributed by atoms with Gasteiger partial charge in [-0.3, -0.25) is 4.79 Å². The molecule has 1 unspecified atom stereocenters. The summed E-state index contributed by atoms with van der Waals surface area (Å²) in [5.74, 6) is 0.246. The number of carbonyl (C=O) groups excluding carboxylic acids is 1. The summed E-state index contributed by atoms with van der Waals surface area (Å²) < 4.78 is 24.9. The molecule has 2 fully saturated rings. The third-order valence-corrected chi connectivity index (χ3v) is 5.30. The Labute approximate surface area is 139 Å². The zero-order valence-corrected chi connectivity index (χ0v) is 14.8. The van der Waals surface area contributed by atoms with Gasteiger partial charge in [-0.15, -0.1) is 12.4 Å². The van der Waals surface area contributed by atoms with Gasteiger partial charge in [-0.2, -0.15) is 0 Å². The van der Waals surface area contributed by atoms with E-state index in [0.717, 1.165) is 57.7 Å². The molecule has 2 rings (SSSR count). The van der Waals surface area contributed by atoms with Gasteiger partial charge < -0.3 is 10.6 Å². The Kier molecular flexibility index (Phi) is 7.11. The molecule has 0 aromatic heterocycles. The van der Waals surface area contributed by atoms with Crippen LogP contribution in [0.15, 0.2) is 0 Å². The Morgan fingerprint density at radius 3 is 2.50 bits per heavy atom. The van der Waals surface area contributed by atoms with E-state index in [1.165, 1.54) is 0 Å². The quantitative estimate of drug-likeness (QED) is 0.783. The molecule has 6 nitrogen and oxygen atoms in total. The average molecular weight is 354 g/mol. The van der Waals surface area contributed by atoms with Crippen molar-refractivity contribution >= 4 is 28.3 Å². The lowest BCUT2D eigenvalue weighted by atomic mass is 9.81. The maximum absolute atomic E-state index is 12.7. The monoisotopic (exact) mass is 353 g/mol. The molecule has 0 aromatic rings. The second-order valence-corrected chi connectivity index (χ2v) is 8.43. The van der Waals surface area contributed by atoms with E-state index in [2.05, 4.69) is 4.72 Å². The van der Waals surface area contributed by atoms with E-state index in [-0.39, 0.29) is 24.2 Å². The predicted octanol–water partition coefficient (Wildman–Crippen LogP) is 0.858. The van der Waals surface area contributed by atoms with Crippen LogP contribution < -0.4 is 10.5 Å². The molecular weight excluding hydrogens is 326 g/mol. The lowest BCUT2D eigenvalue weighted by Gasteiger charge is -2.40. The Hall–Kier alpha value is -0.370. The van der Waals surface area contributed by atoms with Crippen LogP contribution in [0.25, 0.3) is 0 Å². The molecule has 1 amide bonds. The number of likely N-dealkylation sites (tertiary alicyclic amines) is 1. The highest BCUT2D eigenvalue weighted by molar-refractivity contribution is 7.88. The number of hydrogen-bond donors (Lipinski definition) is 2. The van der Waals surface area contributed by atoms with Crippen LogP contribution in [-0.2, 0) is 14.8 Å². The van der Waals surface area contributed by atoms with E-state index in [4.69, 9.17) is 5.73 Å². The van der Waals surface area contributed by atoms with E-state index in [1.807, 2.05) is 4.90 Å². The smallest absolute Gasteiger partial charge is 0.242 e. The number of nitrogens with two attached hydrogens (primary N) is 1. The number of piperidine rings is 1. The minimum atomic E-state index is -3.17. The van der Waals surface area contributed by atoms with Crippen LogP contribution in [-0.4, -0.2) is 50.7 Å². The standard InChI is InChI=1S/C14H27N3O3S.ClH/c1-21(19,20)16-10-12-6-5-9-17(11-12)13(18)14(15)7-3-2-4-8-14;/h12,16H,2-11,15H2,1H3;1H. The maximum atomic E-state index is 12.7. The van der Waals surface area contributed by atoms with Crippen LogP contribution in [0.3, 0.4) is 0 Å². The fourth-order valence-corrected chi connectivity index (χ4v) is 3.94. The van der Waals surface area contributed by atoms with Crippen molar-refractivity contribution in [2.75, 3.05) is 25.9 Å². The molecule has 130 valence electrons. The Bertz CT molecular complexity index is 478. The minimum Gasteiger partial charge on any atom is -0.341 e. The van der Waals surface area contributed by atoms with Crippen LogP contribution in [0.5, 0.6) is 0 Å². The number of carbonyl (C=O) groups is 1. The molecule has 1 aliphatic heterocycles. The highest BCUT2D eigenvalue weighted by atomic mass is 35.5. The highest BCUT2D eigenvalue weighted by Crippen LogP contribution is 2.29. The minimum absolute atomic E-state index is 0. The predicted molar refractivity (Wildman–Crippen MR) is 89.4 cm³/mol. The molecule has 0 bridgehead atoms. The second-order valence-electron chi connectivity index (χ2n) is 6.60. The number of sulfonamides is 1. The molecule has 0 radical (unpaired) electrons. The fraction of sp³-hybridized carbons (Fsp3) is 0.929. The number of nitrogens with zero attached hydrogens (tertiary/aromatic N) is 1. The van der Waals surface area contributed by atoms with Gasteiger partial charge in [-0.05, 0) is 31.6 Å². The number of amides is 1. The molecule has 3 N–H and O–H groups in total. The molecule has 0 aromatic carbocycles. The molecule has 1 saturated heterocycles. The topological polar surface area (TPSA) is 92.5 Å². The van der Waals surface area contributed by atoms with Crippen molar-refractivity contribution in [1.82, 2.24) is 9.62 Å². The van der Waals surface area contributed by atoms with Crippen LogP contribution in [0.2, 0.25) is 0 Å². The molecule has 22 heavy (non-hydrogen) atoms. The van der Waals surface area contributed by atoms with Crippen molar-refractivity contribution < 1.29 is 13.2 Å². The number of rotatable bonds is 4. The molecule has 2 aliphatic rings. The van der Waals surface area contributed by atoms with E-state index < -0.39 is 15.6 Å². The normalized spacial score (nSPS) is 25.4. The van der Waals surface area contributed by atoms with Crippen LogP contribution in [0.4, 0.5) is 0 Å². The Balaban J connectivity index is 0.00000242. The van der Waals surface area contributed by atoms with Crippen molar-refractivity contribution in [2.45, 2.75) is 50.5 Å². The third-order valence-electron chi connectivity index (χ3n) is 4.61. The summed E-state index contributed by atoms with van der Waals surface area (Å²) in [7, 11) is -3.17. The summed E-state index contributed by atoms with van der Waals surface area (Å²) in [6.45, 7) is 1.76. The van der Waals surface area contributed by atoms with E-state index in [9.17, 15) is 13.2 Å². The molecule has 1 saturated carbocycles. The molecule has 1 heterocycles. The first-order valence-electron chi connectivity index (χ1n) is 7.83. The van der Waals surface area contributed by atoms with Crippen LogP contribution >= 0.6 is 12.4 Å². The van der Waals surface area contributed by atoms with Crippen LogP contribution in [0, 0.1) is 5.92 Å². The fourth-order valence-electron chi connectivity index (χ4n) is 3.40.